The molecule has 346 valence electrons. The van der Waals surface area contributed by atoms with Gasteiger partial charge in [0.05, 0.1) is 0 Å². The summed E-state index contributed by atoms with van der Waals surface area (Å²) in [5.41, 5.74) is 0. The van der Waals surface area contributed by atoms with E-state index in [1.807, 2.05) is 12.2 Å². The predicted molar refractivity (Wildman–Crippen MR) is 260 cm³/mol. The van der Waals surface area contributed by atoms with E-state index in [1.165, 1.54) is 64.2 Å². The van der Waals surface area contributed by atoms with Crippen molar-refractivity contribution in [1.82, 2.24) is 0 Å². The van der Waals surface area contributed by atoms with Crippen LogP contribution in [0.3, 0.4) is 0 Å². The number of unbranched alkanes of at least 4 members (excludes halogenated alkanes) is 16. The number of allylic oxidation sites excluding steroid dienone is 16. The molecule has 0 aliphatic heterocycles. The molecule has 0 rings (SSSR count). The van der Waals surface area contributed by atoms with Gasteiger partial charge < -0.3 is 14.2 Å². The SMILES string of the molecule is CC/C=C\C/C=C\C/C=C\C/C=C\CCCCCCCCCCCCCCC(=O)OCC(COC(=O)CCCCCCC)OC(=O)CC/C=C\C/C=C\C/C=C\C/C=C\CC. The summed E-state index contributed by atoms with van der Waals surface area (Å²) in [6.07, 6.45) is 64.5. The van der Waals surface area contributed by atoms with Gasteiger partial charge in [-0.25, -0.2) is 0 Å². The van der Waals surface area contributed by atoms with Crippen LogP contribution in [0, 0.1) is 0 Å². The van der Waals surface area contributed by atoms with Crippen molar-refractivity contribution in [1.29, 1.82) is 0 Å². The van der Waals surface area contributed by atoms with Crippen LogP contribution in [0.5, 0.6) is 0 Å². The second-order valence-corrected chi connectivity index (χ2v) is 16.0. The molecule has 1 atom stereocenters. The molecule has 0 saturated carbocycles. The molecular formula is C55H90O6. The number of esters is 3. The molecule has 0 fully saturated rings. The number of hydrogen-bond acceptors (Lipinski definition) is 6. The Morgan fingerprint density at radius 1 is 0.344 bits per heavy atom. The lowest BCUT2D eigenvalue weighted by Gasteiger charge is -2.18. The molecule has 0 radical (unpaired) electrons. The van der Waals surface area contributed by atoms with Crippen molar-refractivity contribution < 1.29 is 28.6 Å². The van der Waals surface area contributed by atoms with Crippen molar-refractivity contribution >= 4 is 17.9 Å². The van der Waals surface area contributed by atoms with Gasteiger partial charge in [0.2, 0.25) is 0 Å². The first-order valence-electron chi connectivity index (χ1n) is 24.7. The first kappa shape index (κ1) is 57.3. The van der Waals surface area contributed by atoms with Crippen molar-refractivity contribution in [3.63, 3.8) is 0 Å². The molecule has 0 spiro atoms. The van der Waals surface area contributed by atoms with E-state index in [0.29, 0.717) is 19.3 Å². The van der Waals surface area contributed by atoms with Gasteiger partial charge in [0, 0.05) is 19.3 Å². The van der Waals surface area contributed by atoms with E-state index in [0.717, 1.165) is 103 Å². The molecular weight excluding hydrogens is 757 g/mol. The van der Waals surface area contributed by atoms with E-state index in [4.69, 9.17) is 14.2 Å². The molecule has 0 aromatic carbocycles. The summed E-state index contributed by atoms with van der Waals surface area (Å²) in [5, 5.41) is 0. The van der Waals surface area contributed by atoms with E-state index in [-0.39, 0.29) is 31.6 Å². The first-order chi connectivity index (χ1) is 30.0. The van der Waals surface area contributed by atoms with E-state index >= 15 is 0 Å². The predicted octanol–water partition coefficient (Wildman–Crippen LogP) is 16.2. The third-order valence-corrected chi connectivity index (χ3v) is 10.1. The Bertz CT molecular complexity index is 1250. The highest BCUT2D eigenvalue weighted by Gasteiger charge is 2.19. The molecule has 61 heavy (non-hydrogen) atoms. The molecule has 6 nitrogen and oxygen atoms in total. The van der Waals surface area contributed by atoms with Crippen LogP contribution in [0.1, 0.15) is 213 Å². The van der Waals surface area contributed by atoms with Crippen LogP contribution in [0.25, 0.3) is 0 Å². The maximum atomic E-state index is 12.6. The van der Waals surface area contributed by atoms with Gasteiger partial charge >= 0.3 is 17.9 Å². The summed E-state index contributed by atoms with van der Waals surface area (Å²) in [7, 11) is 0. The van der Waals surface area contributed by atoms with Crippen LogP contribution in [0.2, 0.25) is 0 Å². The highest BCUT2D eigenvalue weighted by atomic mass is 16.6. The minimum Gasteiger partial charge on any atom is -0.462 e. The molecule has 0 N–H and O–H groups in total. The van der Waals surface area contributed by atoms with Crippen LogP contribution < -0.4 is 0 Å². The highest BCUT2D eigenvalue weighted by Crippen LogP contribution is 2.14. The zero-order valence-corrected chi connectivity index (χ0v) is 39.4. The summed E-state index contributed by atoms with van der Waals surface area (Å²) in [6.45, 7) is 6.24. The summed E-state index contributed by atoms with van der Waals surface area (Å²) < 4.78 is 16.5. The number of ether oxygens (including phenoxy) is 3. The zero-order chi connectivity index (χ0) is 44.4. The minimum atomic E-state index is -0.811. The van der Waals surface area contributed by atoms with Crippen LogP contribution in [-0.4, -0.2) is 37.2 Å². The maximum Gasteiger partial charge on any atom is 0.306 e. The van der Waals surface area contributed by atoms with Gasteiger partial charge in [-0.3, -0.25) is 14.4 Å². The lowest BCUT2D eigenvalue weighted by atomic mass is 10.0. The van der Waals surface area contributed by atoms with Gasteiger partial charge in [0.1, 0.15) is 13.2 Å². The van der Waals surface area contributed by atoms with Crippen molar-refractivity contribution in [2.75, 3.05) is 13.2 Å². The quantitative estimate of drug-likeness (QED) is 0.0263. The topological polar surface area (TPSA) is 78.9 Å². The fourth-order valence-corrected chi connectivity index (χ4v) is 6.45. The van der Waals surface area contributed by atoms with Gasteiger partial charge in [-0.2, -0.15) is 0 Å². The largest absolute Gasteiger partial charge is 0.462 e. The molecule has 0 aliphatic carbocycles. The standard InChI is InChI=1S/C55H90O6/c1-4-7-10-13-15-17-19-21-22-23-24-25-26-27-28-29-30-31-32-34-35-37-39-42-45-48-54(57)60-51-52(50-59-53(56)47-44-41-12-9-6-3)61-55(58)49-46-43-40-38-36-33-20-18-16-14-11-8-5-2/h7-8,10-11,15-18,21-22,24-25,33,36,40,43,52H,4-6,9,12-14,19-20,23,26-32,34-35,37-39,41-42,44-51H2,1-3H3/b10-7-,11-8-,17-15-,18-16-,22-21-,25-24-,36-33-,43-40-. The number of carbonyl (C=O) groups excluding carboxylic acids is 3. The summed E-state index contributed by atoms with van der Waals surface area (Å²) >= 11 is 0. The second kappa shape index (κ2) is 49.0. The van der Waals surface area contributed by atoms with Crippen LogP contribution in [0.15, 0.2) is 97.2 Å². The lowest BCUT2D eigenvalue weighted by Crippen LogP contribution is -2.30. The second-order valence-electron chi connectivity index (χ2n) is 16.0. The Hall–Kier alpha value is -3.67. The van der Waals surface area contributed by atoms with Crippen LogP contribution in [0.4, 0.5) is 0 Å². The van der Waals surface area contributed by atoms with Crippen molar-refractivity contribution in [3.8, 4) is 0 Å². The molecule has 6 heteroatoms. The molecule has 0 amide bonds. The van der Waals surface area contributed by atoms with Gasteiger partial charge in [-0.05, 0) is 83.5 Å². The first-order valence-corrected chi connectivity index (χ1v) is 24.7. The van der Waals surface area contributed by atoms with Gasteiger partial charge in [-0.1, -0.05) is 208 Å². The average Bonchev–Trinajstić information content (AvgIpc) is 3.26. The lowest BCUT2D eigenvalue weighted by molar-refractivity contribution is -0.166. The molecule has 0 heterocycles. The third kappa shape index (κ3) is 47.2. The van der Waals surface area contributed by atoms with E-state index in [2.05, 4.69) is 106 Å². The maximum absolute atomic E-state index is 12.6. The van der Waals surface area contributed by atoms with Gasteiger partial charge in [0.25, 0.3) is 0 Å². The number of carbonyl (C=O) groups is 3. The van der Waals surface area contributed by atoms with Crippen LogP contribution in [-0.2, 0) is 28.6 Å². The molecule has 0 aromatic rings. The van der Waals surface area contributed by atoms with E-state index < -0.39 is 12.1 Å². The summed E-state index contributed by atoms with van der Waals surface area (Å²) in [5.74, 6) is -1.01. The summed E-state index contributed by atoms with van der Waals surface area (Å²) in [6, 6.07) is 0. The Labute approximate surface area is 375 Å². The van der Waals surface area contributed by atoms with Crippen LogP contribution >= 0.6 is 0 Å². The minimum absolute atomic E-state index is 0.108. The molecule has 0 aliphatic rings. The molecule has 0 saturated heterocycles. The monoisotopic (exact) mass is 847 g/mol. The smallest absolute Gasteiger partial charge is 0.306 e. The Morgan fingerprint density at radius 3 is 1.07 bits per heavy atom. The summed E-state index contributed by atoms with van der Waals surface area (Å²) in [4.78, 5) is 37.5. The van der Waals surface area contributed by atoms with E-state index in [1.54, 1.807) is 0 Å². The van der Waals surface area contributed by atoms with Gasteiger partial charge in [0.15, 0.2) is 6.10 Å². The third-order valence-electron chi connectivity index (χ3n) is 10.1. The van der Waals surface area contributed by atoms with Crippen molar-refractivity contribution in [2.24, 2.45) is 0 Å². The average molecular weight is 847 g/mol. The Balaban J connectivity index is 4.15. The number of rotatable bonds is 43. The van der Waals surface area contributed by atoms with Gasteiger partial charge in [-0.15, -0.1) is 0 Å². The fraction of sp³-hybridized carbons (Fsp3) is 0.655. The van der Waals surface area contributed by atoms with Crippen molar-refractivity contribution in [2.45, 2.75) is 219 Å². The Kier molecular flexibility index (Phi) is 46.0. The molecule has 0 bridgehead atoms. The van der Waals surface area contributed by atoms with E-state index in [9.17, 15) is 14.4 Å². The Morgan fingerprint density at radius 2 is 0.672 bits per heavy atom. The number of hydrogen-bond donors (Lipinski definition) is 0. The molecule has 1 unspecified atom stereocenters. The fourth-order valence-electron chi connectivity index (χ4n) is 6.45. The highest BCUT2D eigenvalue weighted by molar-refractivity contribution is 5.71. The normalized spacial score (nSPS) is 12.9. The zero-order valence-electron chi connectivity index (χ0n) is 39.4. The van der Waals surface area contributed by atoms with Crippen molar-refractivity contribution in [3.05, 3.63) is 97.2 Å². The molecule has 0 aromatic heterocycles.